The third kappa shape index (κ3) is 2.89. The number of aryl methyl sites for hydroxylation is 2. The van der Waals surface area contributed by atoms with Gasteiger partial charge in [0.25, 0.3) is 0 Å². The van der Waals surface area contributed by atoms with E-state index in [2.05, 4.69) is 120 Å². The second-order valence-corrected chi connectivity index (χ2v) is 11.0. The third-order valence-electron chi connectivity index (χ3n) is 7.89. The predicted molar refractivity (Wildman–Crippen MR) is 160 cm³/mol. The molecule has 0 saturated heterocycles. The summed E-state index contributed by atoms with van der Waals surface area (Å²) in [6.45, 7) is 2.25. The molecular formula is C34H24N3S+. The fraction of sp³-hybridized carbons (Fsp3) is 0.0588. The van der Waals surface area contributed by atoms with Crippen molar-refractivity contribution in [2.75, 3.05) is 0 Å². The summed E-state index contributed by atoms with van der Waals surface area (Å²) in [7, 11) is 2.16. The van der Waals surface area contributed by atoms with E-state index in [9.17, 15) is 0 Å². The van der Waals surface area contributed by atoms with Gasteiger partial charge in [-0.3, -0.25) is 4.57 Å². The van der Waals surface area contributed by atoms with E-state index >= 15 is 0 Å². The van der Waals surface area contributed by atoms with Gasteiger partial charge in [0.15, 0.2) is 6.20 Å². The van der Waals surface area contributed by atoms with E-state index in [1.54, 1.807) is 0 Å². The lowest BCUT2D eigenvalue weighted by molar-refractivity contribution is -0.659. The van der Waals surface area contributed by atoms with Gasteiger partial charge in [-0.1, -0.05) is 54.6 Å². The van der Waals surface area contributed by atoms with Crippen LogP contribution in [0.2, 0.25) is 0 Å². The third-order valence-corrected chi connectivity index (χ3v) is 9.17. The maximum Gasteiger partial charge on any atom is 0.230 e. The SMILES string of the molecule is Cc1c(-c2c3ccc4c(-n5c6ccccc6c6cccnc65)cccc4c3cc[n+]2C)sc2ccccc12. The first-order chi connectivity index (χ1) is 18.7. The normalized spacial score (nSPS) is 11.9. The van der Waals surface area contributed by atoms with Gasteiger partial charge in [0.2, 0.25) is 5.69 Å². The molecule has 4 heterocycles. The van der Waals surface area contributed by atoms with Crippen molar-refractivity contribution in [1.82, 2.24) is 9.55 Å². The summed E-state index contributed by atoms with van der Waals surface area (Å²) >= 11 is 1.88. The highest BCUT2D eigenvalue weighted by Crippen LogP contribution is 2.41. The molecule has 4 heteroatoms. The molecule has 0 aliphatic rings. The van der Waals surface area contributed by atoms with Crippen LogP contribution in [0.25, 0.3) is 69.8 Å². The van der Waals surface area contributed by atoms with Gasteiger partial charge in [-0.25, -0.2) is 4.98 Å². The van der Waals surface area contributed by atoms with Crippen LogP contribution < -0.4 is 4.57 Å². The number of para-hydroxylation sites is 1. The van der Waals surface area contributed by atoms with Gasteiger partial charge in [-0.15, -0.1) is 11.3 Å². The van der Waals surface area contributed by atoms with Crippen LogP contribution in [0.15, 0.2) is 109 Å². The summed E-state index contributed by atoms with van der Waals surface area (Å²) < 4.78 is 5.92. The minimum atomic E-state index is 0.988. The standard InChI is InChI=1S/C34H24N3S/c1-21-22-9-4-6-15-31(22)38-33(21)32-27-17-16-26-23(24(27)18-20-36(32)2)11-7-14-30(26)37-29-13-5-3-10-25(29)28-12-8-19-35-34(28)37/h3-20H,1-2H3/q+1. The summed E-state index contributed by atoms with van der Waals surface area (Å²) in [4.78, 5) is 6.16. The van der Waals surface area contributed by atoms with E-state index in [0.717, 1.165) is 11.3 Å². The number of nitrogens with zero attached hydrogens (tertiary/aromatic N) is 3. The van der Waals surface area contributed by atoms with Crippen molar-refractivity contribution in [2.45, 2.75) is 6.92 Å². The smallest absolute Gasteiger partial charge is 0.230 e. The van der Waals surface area contributed by atoms with E-state index in [1.807, 2.05) is 23.6 Å². The first-order valence-corrected chi connectivity index (χ1v) is 13.7. The van der Waals surface area contributed by atoms with Crippen molar-refractivity contribution in [3.8, 4) is 16.3 Å². The van der Waals surface area contributed by atoms with Crippen molar-refractivity contribution in [2.24, 2.45) is 7.05 Å². The Kier molecular flexibility index (Phi) is 4.52. The van der Waals surface area contributed by atoms with E-state index in [0.29, 0.717) is 0 Å². The Labute approximate surface area is 223 Å². The fourth-order valence-corrected chi connectivity index (χ4v) is 7.43. The topological polar surface area (TPSA) is 21.7 Å². The van der Waals surface area contributed by atoms with Crippen LogP contribution in [0.1, 0.15) is 5.56 Å². The Hall–Kier alpha value is -4.54. The maximum absolute atomic E-state index is 4.82. The second kappa shape index (κ2) is 7.98. The number of fused-ring (bicyclic) bond motifs is 7. The Balaban J connectivity index is 1.45. The second-order valence-electron chi connectivity index (χ2n) is 9.95. The zero-order chi connectivity index (χ0) is 25.4. The van der Waals surface area contributed by atoms with Crippen LogP contribution in [0.3, 0.4) is 0 Å². The number of pyridine rings is 2. The highest BCUT2D eigenvalue weighted by molar-refractivity contribution is 7.22. The van der Waals surface area contributed by atoms with E-state index in [4.69, 9.17) is 4.98 Å². The Morgan fingerprint density at radius 2 is 1.39 bits per heavy atom. The molecule has 4 aromatic carbocycles. The number of aromatic nitrogens is 3. The molecule has 0 fully saturated rings. The lowest BCUT2D eigenvalue weighted by Gasteiger charge is -2.13. The largest absolute Gasteiger partial charge is 0.293 e. The zero-order valence-corrected chi connectivity index (χ0v) is 22.0. The van der Waals surface area contributed by atoms with Gasteiger partial charge in [0, 0.05) is 38.5 Å². The molecule has 4 aromatic heterocycles. The van der Waals surface area contributed by atoms with E-state index in [-0.39, 0.29) is 0 Å². The van der Waals surface area contributed by atoms with Gasteiger partial charge in [0.1, 0.15) is 17.6 Å². The molecule has 0 spiro atoms. The number of thiophene rings is 1. The molecule has 38 heavy (non-hydrogen) atoms. The first-order valence-electron chi connectivity index (χ1n) is 12.9. The lowest BCUT2D eigenvalue weighted by atomic mass is 9.98. The van der Waals surface area contributed by atoms with Crippen LogP contribution in [-0.4, -0.2) is 9.55 Å². The molecule has 0 N–H and O–H groups in total. The van der Waals surface area contributed by atoms with Crippen molar-refractivity contribution in [1.29, 1.82) is 0 Å². The summed E-state index contributed by atoms with van der Waals surface area (Å²) in [6, 6.07) is 35.0. The molecule has 0 radical (unpaired) electrons. The molecule has 0 saturated carbocycles. The van der Waals surface area contributed by atoms with Crippen molar-refractivity contribution in [3.05, 3.63) is 115 Å². The molecule has 8 aromatic rings. The average molecular weight is 507 g/mol. The molecule has 180 valence electrons. The summed E-state index contributed by atoms with van der Waals surface area (Å²) in [5.41, 5.74) is 5.94. The summed E-state index contributed by atoms with van der Waals surface area (Å²) in [6.07, 6.45) is 4.09. The number of hydrogen-bond acceptors (Lipinski definition) is 2. The number of benzene rings is 4. The minimum Gasteiger partial charge on any atom is -0.293 e. The minimum absolute atomic E-state index is 0.988. The van der Waals surface area contributed by atoms with Gasteiger partial charge >= 0.3 is 0 Å². The average Bonchev–Trinajstić information content (AvgIpc) is 3.47. The van der Waals surface area contributed by atoms with E-state index in [1.165, 1.54) is 64.1 Å². The van der Waals surface area contributed by atoms with Gasteiger partial charge in [0.05, 0.1) is 16.6 Å². The molecular weight excluding hydrogens is 482 g/mol. The molecule has 8 rings (SSSR count). The molecule has 0 amide bonds. The van der Waals surface area contributed by atoms with Crippen LogP contribution in [0.4, 0.5) is 0 Å². The number of hydrogen-bond donors (Lipinski definition) is 0. The molecule has 0 aliphatic carbocycles. The Morgan fingerprint density at radius 1 is 0.658 bits per heavy atom. The molecule has 0 atom stereocenters. The number of rotatable bonds is 2. The predicted octanol–water partition coefficient (Wildman–Crippen LogP) is 8.50. The van der Waals surface area contributed by atoms with E-state index < -0.39 is 0 Å². The molecule has 3 nitrogen and oxygen atoms in total. The fourth-order valence-electron chi connectivity index (χ4n) is 6.12. The van der Waals surface area contributed by atoms with Gasteiger partial charge in [-0.05, 0) is 59.7 Å². The van der Waals surface area contributed by atoms with Crippen LogP contribution >= 0.6 is 11.3 Å². The van der Waals surface area contributed by atoms with Crippen molar-refractivity contribution >= 4 is 64.9 Å². The summed E-state index contributed by atoms with van der Waals surface area (Å²) in [5.74, 6) is 0. The van der Waals surface area contributed by atoms with Gasteiger partial charge in [-0.2, -0.15) is 4.57 Å². The molecule has 0 unspecified atom stereocenters. The van der Waals surface area contributed by atoms with Crippen LogP contribution in [-0.2, 0) is 7.05 Å². The van der Waals surface area contributed by atoms with Crippen molar-refractivity contribution < 1.29 is 4.57 Å². The van der Waals surface area contributed by atoms with Crippen molar-refractivity contribution in [3.63, 3.8) is 0 Å². The van der Waals surface area contributed by atoms with Crippen LogP contribution in [0.5, 0.6) is 0 Å². The molecule has 0 aliphatic heterocycles. The zero-order valence-electron chi connectivity index (χ0n) is 21.1. The monoisotopic (exact) mass is 506 g/mol. The highest BCUT2D eigenvalue weighted by atomic mass is 32.1. The lowest BCUT2D eigenvalue weighted by Crippen LogP contribution is -2.30. The summed E-state index contributed by atoms with van der Waals surface area (Å²) in [5, 5.41) is 8.76. The van der Waals surface area contributed by atoms with Crippen LogP contribution in [0, 0.1) is 6.92 Å². The Morgan fingerprint density at radius 3 is 2.29 bits per heavy atom. The molecule has 0 bridgehead atoms. The van der Waals surface area contributed by atoms with Gasteiger partial charge < -0.3 is 0 Å². The highest BCUT2D eigenvalue weighted by Gasteiger charge is 2.22. The Bertz CT molecular complexity index is 2160. The quantitative estimate of drug-likeness (QED) is 0.170. The maximum atomic E-state index is 4.82. The first kappa shape index (κ1) is 21.5.